The quantitative estimate of drug-likeness (QED) is 0.620. The highest BCUT2D eigenvalue weighted by Crippen LogP contribution is 2.26. The highest BCUT2D eigenvalue weighted by atomic mass is 32.1. The molecular weight excluding hydrogens is 208 g/mol. The van der Waals surface area contributed by atoms with Crippen molar-refractivity contribution in [3.05, 3.63) is 11.1 Å². The fourth-order valence-electron chi connectivity index (χ4n) is 0.828. The number of hydrogen-bond acceptors (Lipinski definition) is 5. The lowest BCUT2D eigenvalue weighted by Gasteiger charge is -2.16. The maximum Gasteiger partial charge on any atom is 0.327 e. The van der Waals surface area contributed by atoms with Gasteiger partial charge in [-0.3, -0.25) is 9.59 Å². The van der Waals surface area contributed by atoms with Crippen LogP contribution in [0, 0.1) is 0 Å². The average Bonchev–Trinajstić information content (AvgIpc) is 2.49. The van der Waals surface area contributed by atoms with Crippen molar-refractivity contribution in [2.45, 2.75) is 12.3 Å². The van der Waals surface area contributed by atoms with Gasteiger partial charge in [-0.1, -0.05) is 0 Å². The molecule has 1 rings (SSSR count). The minimum absolute atomic E-state index is 0.0556. The van der Waals surface area contributed by atoms with Crippen LogP contribution < -0.4 is 5.73 Å². The minimum Gasteiger partial charge on any atom is -0.480 e. The maximum atomic E-state index is 10.8. The zero-order valence-corrected chi connectivity index (χ0v) is 8.04. The number of rotatable bonds is 3. The van der Waals surface area contributed by atoms with Gasteiger partial charge in [0.05, 0.1) is 5.69 Å². The first-order valence-corrected chi connectivity index (χ1v) is 4.45. The van der Waals surface area contributed by atoms with Crippen LogP contribution in [-0.2, 0) is 15.0 Å². The molecule has 7 heteroatoms. The van der Waals surface area contributed by atoms with E-state index in [1.165, 1.54) is 5.38 Å². The minimum atomic E-state index is -2.03. The lowest BCUT2D eigenvalue weighted by Crippen LogP contribution is -2.41. The van der Waals surface area contributed by atoms with Crippen LogP contribution in [0.2, 0.25) is 0 Å². The molecule has 0 amide bonds. The summed E-state index contributed by atoms with van der Waals surface area (Å²) in [7, 11) is 0. The Bertz CT molecular complexity index is 373. The van der Waals surface area contributed by atoms with Crippen molar-refractivity contribution in [3.63, 3.8) is 0 Å². The molecule has 0 saturated carbocycles. The number of carbonyl (C=O) groups is 2. The number of nitrogens with zero attached hydrogens (tertiary/aromatic N) is 1. The van der Waals surface area contributed by atoms with Gasteiger partial charge in [0.15, 0.2) is 5.13 Å². The summed E-state index contributed by atoms with van der Waals surface area (Å²) in [5.41, 5.74) is 3.21. The predicted molar refractivity (Wildman–Crippen MR) is 49.2 cm³/mol. The molecule has 0 saturated heterocycles. The van der Waals surface area contributed by atoms with E-state index in [4.69, 9.17) is 15.9 Å². The summed E-state index contributed by atoms with van der Waals surface area (Å²) in [5, 5.41) is 19.1. The third-order valence-electron chi connectivity index (χ3n) is 1.89. The smallest absolute Gasteiger partial charge is 0.327 e. The Labute approximate surface area is 83.0 Å². The van der Waals surface area contributed by atoms with E-state index in [-0.39, 0.29) is 10.8 Å². The second-order valence-electron chi connectivity index (χ2n) is 2.81. The first-order chi connectivity index (χ1) is 6.39. The Hall–Kier alpha value is -1.63. The summed E-state index contributed by atoms with van der Waals surface area (Å²) in [4.78, 5) is 25.3. The molecule has 0 spiro atoms. The van der Waals surface area contributed by atoms with Crippen molar-refractivity contribution in [3.8, 4) is 0 Å². The molecule has 1 heterocycles. The van der Waals surface area contributed by atoms with Crippen LogP contribution in [0.15, 0.2) is 5.38 Å². The number of aromatic nitrogens is 1. The number of aliphatic carboxylic acids is 2. The summed E-state index contributed by atoms with van der Waals surface area (Å²) in [6.07, 6.45) is 0. The van der Waals surface area contributed by atoms with Gasteiger partial charge in [0.25, 0.3) is 0 Å². The summed E-state index contributed by atoms with van der Waals surface area (Å²) >= 11 is 1.01. The maximum absolute atomic E-state index is 10.8. The van der Waals surface area contributed by atoms with E-state index in [1.54, 1.807) is 0 Å². The van der Waals surface area contributed by atoms with E-state index < -0.39 is 17.4 Å². The van der Waals surface area contributed by atoms with Gasteiger partial charge in [0.1, 0.15) is 0 Å². The Morgan fingerprint density at radius 2 is 2.00 bits per heavy atom. The summed E-state index contributed by atoms with van der Waals surface area (Å²) in [6, 6.07) is 0. The van der Waals surface area contributed by atoms with E-state index in [1.807, 2.05) is 0 Å². The summed E-state index contributed by atoms with van der Waals surface area (Å²) in [5.74, 6) is -2.93. The van der Waals surface area contributed by atoms with Gasteiger partial charge in [-0.05, 0) is 6.92 Å². The van der Waals surface area contributed by atoms with Gasteiger partial charge in [0.2, 0.25) is 5.41 Å². The van der Waals surface area contributed by atoms with Crippen LogP contribution in [0.1, 0.15) is 12.6 Å². The lowest BCUT2D eigenvalue weighted by atomic mass is 9.88. The zero-order chi connectivity index (χ0) is 10.9. The van der Waals surface area contributed by atoms with Gasteiger partial charge in [-0.15, -0.1) is 11.3 Å². The fourth-order valence-corrected chi connectivity index (χ4v) is 1.50. The van der Waals surface area contributed by atoms with Crippen LogP contribution in [0.3, 0.4) is 0 Å². The highest BCUT2D eigenvalue weighted by molar-refractivity contribution is 7.13. The average molecular weight is 216 g/mol. The van der Waals surface area contributed by atoms with Crippen molar-refractivity contribution in [2.24, 2.45) is 0 Å². The summed E-state index contributed by atoms with van der Waals surface area (Å²) < 4.78 is 0. The zero-order valence-electron chi connectivity index (χ0n) is 7.22. The molecule has 0 aliphatic carbocycles. The molecule has 0 aliphatic heterocycles. The van der Waals surface area contributed by atoms with Crippen molar-refractivity contribution < 1.29 is 19.8 Å². The summed E-state index contributed by atoms with van der Waals surface area (Å²) in [6.45, 7) is 1.08. The van der Waals surface area contributed by atoms with Gasteiger partial charge in [0, 0.05) is 5.38 Å². The van der Waals surface area contributed by atoms with Crippen LogP contribution in [-0.4, -0.2) is 27.1 Å². The number of thiazole rings is 1. The third kappa shape index (κ3) is 1.41. The molecule has 1 aromatic rings. The molecule has 0 aromatic carbocycles. The number of hydrogen-bond donors (Lipinski definition) is 3. The van der Waals surface area contributed by atoms with Crippen LogP contribution >= 0.6 is 11.3 Å². The molecule has 76 valence electrons. The fraction of sp³-hybridized carbons (Fsp3) is 0.286. The van der Waals surface area contributed by atoms with Gasteiger partial charge in [-0.2, -0.15) is 0 Å². The van der Waals surface area contributed by atoms with E-state index in [2.05, 4.69) is 4.98 Å². The normalized spacial score (nSPS) is 11.2. The number of nitrogens with two attached hydrogens (primary N) is 1. The van der Waals surface area contributed by atoms with E-state index in [0.717, 1.165) is 18.3 Å². The van der Waals surface area contributed by atoms with Crippen molar-refractivity contribution in [2.75, 3.05) is 5.73 Å². The number of anilines is 1. The van der Waals surface area contributed by atoms with E-state index in [0.29, 0.717) is 0 Å². The van der Waals surface area contributed by atoms with Crippen LogP contribution in [0.4, 0.5) is 5.13 Å². The monoisotopic (exact) mass is 216 g/mol. The first-order valence-electron chi connectivity index (χ1n) is 3.57. The van der Waals surface area contributed by atoms with Gasteiger partial charge in [-0.25, -0.2) is 4.98 Å². The Morgan fingerprint density at radius 3 is 2.29 bits per heavy atom. The Morgan fingerprint density at radius 1 is 1.50 bits per heavy atom. The molecule has 0 unspecified atom stereocenters. The molecule has 0 aliphatic rings. The lowest BCUT2D eigenvalue weighted by molar-refractivity contribution is -0.156. The highest BCUT2D eigenvalue weighted by Gasteiger charge is 2.45. The topological polar surface area (TPSA) is 114 Å². The number of nitrogen functional groups attached to an aromatic ring is 1. The number of carboxylic acid groups (broad SMARTS) is 2. The molecule has 14 heavy (non-hydrogen) atoms. The van der Waals surface area contributed by atoms with Crippen molar-refractivity contribution in [1.29, 1.82) is 0 Å². The molecule has 6 nitrogen and oxygen atoms in total. The van der Waals surface area contributed by atoms with E-state index in [9.17, 15) is 9.59 Å². The largest absolute Gasteiger partial charge is 0.480 e. The molecule has 0 bridgehead atoms. The molecule has 4 N–H and O–H groups in total. The molecule has 0 atom stereocenters. The Balaban J connectivity index is 3.26. The molecule has 1 aromatic heterocycles. The van der Waals surface area contributed by atoms with Crippen LogP contribution in [0.25, 0.3) is 0 Å². The molecule has 0 fully saturated rings. The van der Waals surface area contributed by atoms with Crippen LogP contribution in [0.5, 0.6) is 0 Å². The predicted octanol–water partition coefficient (Wildman–Crippen LogP) is 0.152. The SMILES string of the molecule is CC(C(=O)O)(C(=O)O)c1csc(N)n1. The van der Waals surface area contributed by atoms with E-state index >= 15 is 0 Å². The first kappa shape index (κ1) is 10.5. The second kappa shape index (κ2) is 3.26. The third-order valence-corrected chi connectivity index (χ3v) is 2.56. The van der Waals surface area contributed by atoms with Gasteiger partial charge < -0.3 is 15.9 Å². The van der Waals surface area contributed by atoms with Crippen molar-refractivity contribution >= 4 is 28.4 Å². The van der Waals surface area contributed by atoms with Crippen molar-refractivity contribution in [1.82, 2.24) is 4.98 Å². The molecular formula is C7H8N2O4S. The standard InChI is InChI=1S/C7H8N2O4S/c1-7(4(10)11,5(12)13)3-2-14-6(8)9-3/h2H,1H3,(H2,8,9)(H,10,11)(H,12,13). The number of carboxylic acids is 2. The van der Waals surface area contributed by atoms with Gasteiger partial charge >= 0.3 is 11.9 Å². The molecule has 0 radical (unpaired) electrons. The Kier molecular flexibility index (Phi) is 2.43. The second-order valence-corrected chi connectivity index (χ2v) is 3.70.